The quantitative estimate of drug-likeness (QED) is 0.434. The Balaban J connectivity index is 2.23. The number of fused-ring (bicyclic) bond motifs is 1. The molecule has 1 spiro atoms. The van der Waals surface area contributed by atoms with E-state index < -0.39 is 11.4 Å². The molecular formula is C23H30O5. The molecule has 2 N–H and O–H groups in total. The molecule has 1 aliphatic carbocycles. The van der Waals surface area contributed by atoms with E-state index in [0.717, 1.165) is 12.8 Å². The summed E-state index contributed by atoms with van der Waals surface area (Å²) in [4.78, 5) is 24.5. The highest BCUT2D eigenvalue weighted by Crippen LogP contribution is 2.56. The Morgan fingerprint density at radius 3 is 2.50 bits per heavy atom. The Morgan fingerprint density at radius 1 is 1.29 bits per heavy atom. The molecule has 0 aromatic heterocycles. The van der Waals surface area contributed by atoms with Gasteiger partial charge in [0.05, 0.1) is 5.56 Å². The minimum absolute atomic E-state index is 0.0322. The SMILES string of the molecule is CC1=CCC2(CC1)Oc1c(c(O)c(C=O)c(O)c1C(=O)CC(C)C)CC2(C)C. The minimum Gasteiger partial charge on any atom is -0.507 e. The van der Waals surface area contributed by atoms with E-state index >= 15 is 0 Å². The van der Waals surface area contributed by atoms with Gasteiger partial charge < -0.3 is 14.9 Å². The first kappa shape index (κ1) is 20.4. The molecule has 5 heteroatoms. The molecule has 5 nitrogen and oxygen atoms in total. The molecule has 0 radical (unpaired) electrons. The smallest absolute Gasteiger partial charge is 0.170 e. The van der Waals surface area contributed by atoms with Crippen LogP contribution in [0, 0.1) is 11.3 Å². The number of aromatic hydroxyl groups is 2. The fourth-order valence-corrected chi connectivity index (χ4v) is 4.48. The Hall–Kier alpha value is -2.30. The number of Topliss-reactive ketones (excluding diaryl/α,β-unsaturated/α-hetero) is 1. The van der Waals surface area contributed by atoms with E-state index in [1.165, 1.54) is 5.57 Å². The zero-order valence-corrected chi connectivity index (χ0v) is 17.4. The first-order valence-electron chi connectivity index (χ1n) is 9.97. The molecule has 1 aromatic carbocycles. The van der Waals surface area contributed by atoms with Gasteiger partial charge in [-0.25, -0.2) is 0 Å². The van der Waals surface area contributed by atoms with Crippen molar-refractivity contribution < 1.29 is 24.5 Å². The van der Waals surface area contributed by atoms with Crippen molar-refractivity contribution in [2.75, 3.05) is 0 Å². The lowest BCUT2D eigenvalue weighted by molar-refractivity contribution is -0.0666. The highest BCUT2D eigenvalue weighted by atomic mass is 16.5. The van der Waals surface area contributed by atoms with Crippen molar-refractivity contribution in [3.63, 3.8) is 0 Å². The van der Waals surface area contributed by atoms with E-state index in [0.29, 0.717) is 24.7 Å². The second-order valence-corrected chi connectivity index (χ2v) is 9.34. The predicted octanol–water partition coefficient (Wildman–Crippen LogP) is 4.97. The van der Waals surface area contributed by atoms with Crippen LogP contribution in [0.4, 0.5) is 0 Å². The molecule has 1 unspecified atom stereocenters. The fourth-order valence-electron chi connectivity index (χ4n) is 4.48. The lowest BCUT2D eigenvalue weighted by atomic mass is 9.63. The first-order valence-corrected chi connectivity index (χ1v) is 9.97. The van der Waals surface area contributed by atoms with Crippen LogP contribution in [0.25, 0.3) is 0 Å². The number of benzene rings is 1. The van der Waals surface area contributed by atoms with Crippen molar-refractivity contribution in [3.8, 4) is 17.2 Å². The van der Waals surface area contributed by atoms with Crippen molar-refractivity contribution in [2.24, 2.45) is 11.3 Å². The molecule has 3 rings (SSSR count). The number of carbonyl (C=O) groups excluding carboxylic acids is 2. The van der Waals surface area contributed by atoms with Crippen LogP contribution in [0.15, 0.2) is 11.6 Å². The maximum absolute atomic E-state index is 13.0. The average Bonchev–Trinajstić information content (AvgIpc) is 2.59. The molecule has 0 bridgehead atoms. The van der Waals surface area contributed by atoms with Crippen LogP contribution in [-0.4, -0.2) is 27.9 Å². The highest BCUT2D eigenvalue weighted by Gasteiger charge is 2.52. The average molecular weight is 386 g/mol. The van der Waals surface area contributed by atoms with E-state index in [-0.39, 0.29) is 46.2 Å². The van der Waals surface area contributed by atoms with Gasteiger partial charge in [0.1, 0.15) is 28.4 Å². The number of phenolic OH excluding ortho intramolecular Hbond substituents is 2. The number of allylic oxidation sites excluding steroid dienone is 1. The maximum Gasteiger partial charge on any atom is 0.170 e. The van der Waals surface area contributed by atoms with Crippen molar-refractivity contribution >= 4 is 12.1 Å². The number of rotatable bonds is 4. The summed E-state index contributed by atoms with van der Waals surface area (Å²) in [7, 11) is 0. The molecule has 1 aliphatic heterocycles. The van der Waals surface area contributed by atoms with E-state index in [9.17, 15) is 19.8 Å². The zero-order valence-electron chi connectivity index (χ0n) is 17.4. The molecule has 0 fully saturated rings. The van der Waals surface area contributed by atoms with Gasteiger partial charge in [0, 0.05) is 23.8 Å². The van der Waals surface area contributed by atoms with E-state index in [1.54, 1.807) is 0 Å². The van der Waals surface area contributed by atoms with Gasteiger partial charge in [-0.1, -0.05) is 39.3 Å². The summed E-state index contributed by atoms with van der Waals surface area (Å²) in [5, 5.41) is 21.3. The normalized spacial score (nSPS) is 23.1. The van der Waals surface area contributed by atoms with Crippen LogP contribution in [-0.2, 0) is 6.42 Å². The lowest BCUT2D eigenvalue weighted by Gasteiger charge is -2.52. The maximum atomic E-state index is 13.0. The number of phenols is 2. The molecule has 28 heavy (non-hydrogen) atoms. The summed E-state index contributed by atoms with van der Waals surface area (Å²) in [6.45, 7) is 10.1. The number of carbonyl (C=O) groups is 2. The number of ether oxygens (including phenoxy) is 1. The van der Waals surface area contributed by atoms with E-state index in [2.05, 4.69) is 26.8 Å². The Morgan fingerprint density at radius 2 is 1.96 bits per heavy atom. The van der Waals surface area contributed by atoms with Crippen molar-refractivity contribution in [1.29, 1.82) is 0 Å². The molecule has 1 heterocycles. The van der Waals surface area contributed by atoms with Gasteiger partial charge in [-0.3, -0.25) is 9.59 Å². The molecule has 152 valence electrons. The number of hydrogen-bond acceptors (Lipinski definition) is 5. The standard InChI is InChI=1S/C23H30O5/c1-13(2)10-17(25)18-20(27)16(12-24)19(26)15-11-22(4,5)23(28-21(15)18)8-6-14(3)7-9-23/h6,12-13,26-27H,7-11H2,1-5H3. The van der Waals surface area contributed by atoms with Gasteiger partial charge in [0.15, 0.2) is 12.1 Å². The van der Waals surface area contributed by atoms with Crippen LogP contribution in [0.3, 0.4) is 0 Å². The topological polar surface area (TPSA) is 83.8 Å². The van der Waals surface area contributed by atoms with Gasteiger partial charge in [0.2, 0.25) is 0 Å². The molecular weight excluding hydrogens is 356 g/mol. The summed E-state index contributed by atoms with van der Waals surface area (Å²) in [5.41, 5.74) is 0.714. The van der Waals surface area contributed by atoms with Crippen molar-refractivity contribution in [2.45, 2.75) is 72.3 Å². The summed E-state index contributed by atoms with van der Waals surface area (Å²) in [6.07, 6.45) is 5.67. The first-order chi connectivity index (χ1) is 13.0. The largest absolute Gasteiger partial charge is 0.507 e. The third kappa shape index (κ3) is 3.11. The van der Waals surface area contributed by atoms with E-state index in [4.69, 9.17) is 4.74 Å². The van der Waals surface area contributed by atoms with Gasteiger partial charge in [-0.05, 0) is 32.1 Å². The minimum atomic E-state index is -0.520. The Labute approximate surface area is 166 Å². The molecule has 0 saturated heterocycles. The number of aldehydes is 1. The molecule has 1 atom stereocenters. The zero-order chi connectivity index (χ0) is 20.9. The highest BCUT2D eigenvalue weighted by molar-refractivity contribution is 6.05. The summed E-state index contributed by atoms with van der Waals surface area (Å²) >= 11 is 0. The van der Waals surface area contributed by atoms with Crippen molar-refractivity contribution in [1.82, 2.24) is 0 Å². The monoisotopic (exact) mass is 386 g/mol. The Kier molecular flexibility index (Phi) is 5.07. The number of ketones is 1. The van der Waals surface area contributed by atoms with Crippen LogP contribution in [0.1, 0.15) is 86.6 Å². The van der Waals surface area contributed by atoms with Crippen LogP contribution >= 0.6 is 0 Å². The number of hydrogen-bond donors (Lipinski definition) is 2. The molecule has 2 aliphatic rings. The molecule has 1 aromatic rings. The summed E-state index contributed by atoms with van der Waals surface area (Å²) in [6, 6.07) is 0. The van der Waals surface area contributed by atoms with Crippen LogP contribution in [0.2, 0.25) is 0 Å². The van der Waals surface area contributed by atoms with Gasteiger partial charge in [0.25, 0.3) is 0 Å². The molecule has 0 amide bonds. The van der Waals surface area contributed by atoms with E-state index in [1.807, 2.05) is 13.8 Å². The van der Waals surface area contributed by atoms with Gasteiger partial charge >= 0.3 is 0 Å². The predicted molar refractivity (Wildman–Crippen MR) is 107 cm³/mol. The summed E-state index contributed by atoms with van der Waals surface area (Å²) in [5.74, 6) is -0.698. The van der Waals surface area contributed by atoms with Gasteiger partial charge in [-0.15, -0.1) is 0 Å². The van der Waals surface area contributed by atoms with Crippen molar-refractivity contribution in [3.05, 3.63) is 28.3 Å². The fraction of sp³-hybridized carbons (Fsp3) is 0.565. The second-order valence-electron chi connectivity index (χ2n) is 9.34. The third-order valence-electron chi connectivity index (χ3n) is 6.38. The van der Waals surface area contributed by atoms with Gasteiger partial charge in [-0.2, -0.15) is 0 Å². The van der Waals surface area contributed by atoms with Crippen LogP contribution in [0.5, 0.6) is 17.2 Å². The Bertz CT molecular complexity index is 862. The van der Waals surface area contributed by atoms with Crippen LogP contribution < -0.4 is 4.74 Å². The third-order valence-corrected chi connectivity index (χ3v) is 6.38. The molecule has 0 saturated carbocycles. The second kappa shape index (κ2) is 6.94. The lowest BCUT2D eigenvalue weighted by Crippen LogP contribution is -2.54. The summed E-state index contributed by atoms with van der Waals surface area (Å²) < 4.78 is 6.52.